The van der Waals surface area contributed by atoms with Gasteiger partial charge in [-0.25, -0.2) is 9.78 Å². The van der Waals surface area contributed by atoms with Crippen LogP contribution in [0.15, 0.2) is 42.6 Å². The van der Waals surface area contributed by atoms with E-state index < -0.39 is 0 Å². The number of anilines is 1. The summed E-state index contributed by atoms with van der Waals surface area (Å²) in [7, 11) is 0. The summed E-state index contributed by atoms with van der Waals surface area (Å²) in [6, 6.07) is 11.8. The summed E-state index contributed by atoms with van der Waals surface area (Å²) in [5.74, 6) is 0.990. The molecule has 156 valence electrons. The van der Waals surface area contributed by atoms with E-state index in [1.165, 1.54) is 19.3 Å². The Morgan fingerprint density at radius 3 is 2.38 bits per heavy atom. The van der Waals surface area contributed by atoms with Gasteiger partial charge in [0.25, 0.3) is 0 Å². The van der Waals surface area contributed by atoms with Crippen molar-refractivity contribution in [2.45, 2.75) is 58.9 Å². The fourth-order valence-electron chi connectivity index (χ4n) is 3.50. The van der Waals surface area contributed by atoms with Crippen LogP contribution in [0.2, 0.25) is 0 Å². The molecule has 6 heteroatoms. The monoisotopic (exact) mass is 396 g/mol. The van der Waals surface area contributed by atoms with Crippen molar-refractivity contribution in [2.75, 3.05) is 18.0 Å². The van der Waals surface area contributed by atoms with Crippen LogP contribution < -0.4 is 15.5 Å². The molecule has 2 amide bonds. The standard InChI is InChI=1S/C23H32N4O2/c1-18(2)29-17-21-10-5-4-9-19(21)15-25-23(28)26-16-20-11-8-12-24-22(20)27-13-6-3-7-14-27/h4-5,8-12,18H,3,6-7,13-17H2,1-2H3,(H2,25,26,28). The van der Waals surface area contributed by atoms with E-state index in [2.05, 4.69) is 20.5 Å². The lowest BCUT2D eigenvalue weighted by molar-refractivity contribution is 0.0652. The number of hydrogen-bond acceptors (Lipinski definition) is 4. The average molecular weight is 397 g/mol. The third kappa shape index (κ3) is 6.46. The molecule has 29 heavy (non-hydrogen) atoms. The summed E-state index contributed by atoms with van der Waals surface area (Å²) < 4.78 is 5.71. The topological polar surface area (TPSA) is 66.5 Å². The molecule has 0 atom stereocenters. The number of hydrogen-bond donors (Lipinski definition) is 2. The van der Waals surface area contributed by atoms with Crippen LogP contribution >= 0.6 is 0 Å². The van der Waals surface area contributed by atoms with Crippen molar-refractivity contribution in [3.63, 3.8) is 0 Å². The van der Waals surface area contributed by atoms with Crippen LogP contribution in [-0.2, 0) is 24.4 Å². The molecule has 1 aromatic heterocycles. The van der Waals surface area contributed by atoms with Gasteiger partial charge in [-0.15, -0.1) is 0 Å². The van der Waals surface area contributed by atoms with Crippen molar-refractivity contribution in [3.8, 4) is 0 Å². The highest BCUT2D eigenvalue weighted by Gasteiger charge is 2.16. The number of ether oxygens (including phenoxy) is 1. The number of nitrogens with zero attached hydrogens (tertiary/aromatic N) is 2. The first kappa shape index (κ1) is 21.1. The van der Waals surface area contributed by atoms with Gasteiger partial charge in [-0.2, -0.15) is 0 Å². The molecule has 1 aliphatic rings. The highest BCUT2D eigenvalue weighted by atomic mass is 16.5. The van der Waals surface area contributed by atoms with E-state index in [-0.39, 0.29) is 12.1 Å². The molecule has 2 N–H and O–H groups in total. The predicted molar refractivity (Wildman–Crippen MR) is 116 cm³/mol. The molecule has 2 aromatic rings. The summed E-state index contributed by atoms with van der Waals surface area (Å²) in [6.07, 6.45) is 5.67. The van der Waals surface area contributed by atoms with Gasteiger partial charge >= 0.3 is 6.03 Å². The average Bonchev–Trinajstić information content (AvgIpc) is 2.76. The molecule has 0 radical (unpaired) electrons. The number of carbonyl (C=O) groups is 1. The molecule has 0 saturated carbocycles. The molecule has 3 rings (SSSR count). The number of carbonyl (C=O) groups excluding carboxylic acids is 1. The first-order chi connectivity index (χ1) is 14.1. The fraction of sp³-hybridized carbons (Fsp3) is 0.478. The Labute approximate surface area is 173 Å². The summed E-state index contributed by atoms with van der Waals surface area (Å²) >= 11 is 0. The summed E-state index contributed by atoms with van der Waals surface area (Å²) in [4.78, 5) is 19.3. The van der Waals surface area contributed by atoms with Gasteiger partial charge in [-0.05, 0) is 50.3 Å². The molecule has 2 heterocycles. The summed E-state index contributed by atoms with van der Waals surface area (Å²) in [5.41, 5.74) is 3.22. The zero-order valence-corrected chi connectivity index (χ0v) is 17.5. The second kappa shape index (κ2) is 10.8. The maximum absolute atomic E-state index is 12.4. The minimum absolute atomic E-state index is 0.174. The van der Waals surface area contributed by atoms with Gasteiger partial charge in [0.2, 0.25) is 0 Å². The lowest BCUT2D eigenvalue weighted by Crippen LogP contribution is -2.36. The quantitative estimate of drug-likeness (QED) is 0.708. The summed E-state index contributed by atoms with van der Waals surface area (Å²) in [6.45, 7) is 7.58. The van der Waals surface area contributed by atoms with Gasteiger partial charge < -0.3 is 20.3 Å². The number of pyridine rings is 1. The molecular weight excluding hydrogens is 364 g/mol. The molecule has 1 aromatic carbocycles. The fourth-order valence-corrected chi connectivity index (χ4v) is 3.50. The normalized spacial score (nSPS) is 14.1. The Hall–Kier alpha value is -2.60. The molecule has 0 aliphatic carbocycles. The predicted octanol–water partition coefficient (Wildman–Crippen LogP) is 4.00. The third-order valence-electron chi connectivity index (χ3n) is 5.09. The van der Waals surface area contributed by atoms with E-state index in [9.17, 15) is 4.79 Å². The lowest BCUT2D eigenvalue weighted by atomic mass is 10.1. The molecule has 0 unspecified atom stereocenters. The number of nitrogens with one attached hydrogen (secondary N) is 2. The van der Waals surface area contributed by atoms with E-state index >= 15 is 0 Å². The highest BCUT2D eigenvalue weighted by molar-refractivity contribution is 5.74. The van der Waals surface area contributed by atoms with Crippen molar-refractivity contribution in [3.05, 3.63) is 59.3 Å². The SMILES string of the molecule is CC(C)OCc1ccccc1CNC(=O)NCc1cccnc1N1CCCCC1. The largest absolute Gasteiger partial charge is 0.374 e. The molecule has 0 bridgehead atoms. The minimum Gasteiger partial charge on any atom is -0.374 e. The van der Waals surface area contributed by atoms with Crippen LogP contribution in [-0.4, -0.2) is 30.2 Å². The first-order valence-corrected chi connectivity index (χ1v) is 10.5. The van der Waals surface area contributed by atoms with Gasteiger partial charge in [0, 0.05) is 37.9 Å². The van der Waals surface area contributed by atoms with Gasteiger partial charge in [-0.3, -0.25) is 0 Å². The number of benzene rings is 1. The highest BCUT2D eigenvalue weighted by Crippen LogP contribution is 2.21. The van der Waals surface area contributed by atoms with E-state index in [4.69, 9.17) is 4.74 Å². The molecule has 0 spiro atoms. The Morgan fingerprint density at radius 1 is 1.00 bits per heavy atom. The van der Waals surface area contributed by atoms with Crippen LogP contribution in [0.4, 0.5) is 10.6 Å². The molecule has 6 nitrogen and oxygen atoms in total. The Balaban J connectivity index is 1.52. The van der Waals surface area contributed by atoms with Gasteiger partial charge in [0.05, 0.1) is 12.7 Å². The zero-order valence-electron chi connectivity index (χ0n) is 17.5. The van der Waals surface area contributed by atoms with Crippen LogP contribution in [0, 0.1) is 0 Å². The van der Waals surface area contributed by atoms with Gasteiger partial charge in [0.1, 0.15) is 5.82 Å². The van der Waals surface area contributed by atoms with Crippen molar-refractivity contribution in [2.24, 2.45) is 0 Å². The Bertz CT molecular complexity index is 788. The smallest absolute Gasteiger partial charge is 0.315 e. The second-order valence-corrected chi connectivity index (χ2v) is 7.70. The Morgan fingerprint density at radius 2 is 1.66 bits per heavy atom. The zero-order chi connectivity index (χ0) is 20.5. The van der Waals surface area contributed by atoms with E-state index in [0.717, 1.165) is 35.6 Å². The van der Waals surface area contributed by atoms with Crippen molar-refractivity contribution < 1.29 is 9.53 Å². The van der Waals surface area contributed by atoms with Gasteiger partial charge in [-0.1, -0.05) is 30.3 Å². The van der Waals surface area contributed by atoms with Crippen LogP contribution in [0.5, 0.6) is 0 Å². The van der Waals surface area contributed by atoms with Crippen molar-refractivity contribution in [1.82, 2.24) is 15.6 Å². The Kier molecular flexibility index (Phi) is 7.87. The molecule has 1 fully saturated rings. The van der Waals surface area contributed by atoms with E-state index in [1.54, 1.807) is 0 Å². The molecule has 1 saturated heterocycles. The minimum atomic E-state index is -0.182. The summed E-state index contributed by atoms with van der Waals surface area (Å²) in [5, 5.41) is 5.93. The van der Waals surface area contributed by atoms with E-state index in [1.807, 2.05) is 56.4 Å². The maximum atomic E-state index is 12.4. The molecular formula is C23H32N4O2. The number of aromatic nitrogens is 1. The van der Waals surface area contributed by atoms with Crippen molar-refractivity contribution in [1.29, 1.82) is 0 Å². The maximum Gasteiger partial charge on any atom is 0.315 e. The van der Waals surface area contributed by atoms with Crippen molar-refractivity contribution >= 4 is 11.8 Å². The molecule has 1 aliphatic heterocycles. The number of piperidine rings is 1. The van der Waals surface area contributed by atoms with Crippen LogP contribution in [0.3, 0.4) is 0 Å². The number of rotatable bonds is 8. The van der Waals surface area contributed by atoms with Crippen LogP contribution in [0.1, 0.15) is 49.8 Å². The lowest BCUT2D eigenvalue weighted by Gasteiger charge is -2.29. The number of urea groups is 1. The van der Waals surface area contributed by atoms with Gasteiger partial charge in [0.15, 0.2) is 0 Å². The first-order valence-electron chi connectivity index (χ1n) is 10.5. The van der Waals surface area contributed by atoms with Crippen LogP contribution in [0.25, 0.3) is 0 Å². The number of amides is 2. The second-order valence-electron chi connectivity index (χ2n) is 7.70. The van der Waals surface area contributed by atoms with E-state index in [0.29, 0.717) is 19.7 Å². The third-order valence-corrected chi connectivity index (χ3v) is 5.09.